The molecule has 1 N–H and O–H groups in total. The molecule has 0 fully saturated rings. The summed E-state index contributed by atoms with van der Waals surface area (Å²) in [4.78, 5) is 2.88. The highest BCUT2D eigenvalue weighted by Gasteiger charge is 2.08. The third-order valence-electron chi connectivity index (χ3n) is 2.55. The third-order valence-corrected chi connectivity index (χ3v) is 2.55. The lowest BCUT2D eigenvalue weighted by Gasteiger charge is -2.10. The van der Waals surface area contributed by atoms with Crippen molar-refractivity contribution in [3.8, 4) is 5.75 Å². The number of rotatable bonds is 6. The molecule has 0 amide bonds. The Morgan fingerprint density at radius 3 is 2.56 bits per heavy atom. The van der Waals surface area contributed by atoms with E-state index in [2.05, 4.69) is 16.9 Å². The molecule has 0 spiro atoms. The number of hydrogen-bond acceptors (Lipinski definition) is 2. The first-order valence-electron chi connectivity index (χ1n) is 5.61. The summed E-state index contributed by atoms with van der Waals surface area (Å²) in [7, 11) is 0. The van der Waals surface area contributed by atoms with Crippen molar-refractivity contribution in [2.75, 3.05) is 0 Å². The predicted molar refractivity (Wildman–Crippen MR) is 64.1 cm³/mol. The van der Waals surface area contributed by atoms with Crippen LogP contribution in [0.4, 0.5) is 0 Å². The Labute approximate surface area is 95.5 Å². The Morgan fingerprint density at radius 1 is 1.31 bits per heavy atom. The van der Waals surface area contributed by atoms with Crippen molar-refractivity contribution in [1.82, 2.24) is 0 Å². The summed E-state index contributed by atoms with van der Waals surface area (Å²) in [5, 5.41) is 13.0. The predicted octanol–water partition coefficient (Wildman–Crippen LogP) is 4.32. The van der Waals surface area contributed by atoms with Crippen LogP contribution in [0.5, 0.6) is 5.75 Å². The molecule has 0 bridgehead atoms. The SMILES string of the molecule is CCCCCC(N=[N+]=[N-])c1ccc(O)cc1. The van der Waals surface area contributed by atoms with Gasteiger partial charge in [0.05, 0.1) is 6.04 Å². The van der Waals surface area contributed by atoms with E-state index in [1.165, 1.54) is 0 Å². The number of unbranched alkanes of at least 4 members (excludes halogenated alkanes) is 2. The zero-order valence-electron chi connectivity index (χ0n) is 9.50. The minimum absolute atomic E-state index is 0.114. The summed E-state index contributed by atoms with van der Waals surface area (Å²) in [5.74, 6) is 0.233. The van der Waals surface area contributed by atoms with E-state index in [0.29, 0.717) is 0 Å². The zero-order valence-corrected chi connectivity index (χ0v) is 9.50. The van der Waals surface area contributed by atoms with Gasteiger partial charge in [-0.1, -0.05) is 43.4 Å². The van der Waals surface area contributed by atoms with E-state index in [4.69, 9.17) is 5.53 Å². The molecule has 0 aromatic heterocycles. The maximum absolute atomic E-state index is 9.18. The number of phenols is 1. The molecule has 1 rings (SSSR count). The highest BCUT2D eigenvalue weighted by molar-refractivity contribution is 5.28. The van der Waals surface area contributed by atoms with E-state index in [0.717, 1.165) is 31.2 Å². The van der Waals surface area contributed by atoms with Crippen LogP contribution in [0.25, 0.3) is 10.4 Å². The van der Waals surface area contributed by atoms with Crippen molar-refractivity contribution in [2.45, 2.75) is 38.6 Å². The maximum Gasteiger partial charge on any atom is 0.115 e. The molecular formula is C12H17N3O. The smallest absolute Gasteiger partial charge is 0.115 e. The molecule has 1 aromatic rings. The molecule has 0 heterocycles. The number of benzene rings is 1. The van der Waals surface area contributed by atoms with Gasteiger partial charge in [0.1, 0.15) is 5.75 Å². The van der Waals surface area contributed by atoms with Crippen molar-refractivity contribution in [3.05, 3.63) is 40.3 Å². The lowest BCUT2D eigenvalue weighted by molar-refractivity contribution is 0.474. The number of phenolic OH excluding ortho intramolecular Hbond substituents is 1. The summed E-state index contributed by atoms with van der Waals surface area (Å²) >= 11 is 0. The number of nitrogens with zero attached hydrogens (tertiary/aromatic N) is 3. The third kappa shape index (κ3) is 3.83. The van der Waals surface area contributed by atoms with Crippen molar-refractivity contribution in [1.29, 1.82) is 0 Å². The van der Waals surface area contributed by atoms with Crippen molar-refractivity contribution in [3.63, 3.8) is 0 Å². The van der Waals surface area contributed by atoms with E-state index in [1.54, 1.807) is 24.3 Å². The monoisotopic (exact) mass is 219 g/mol. The van der Waals surface area contributed by atoms with Gasteiger partial charge in [-0.2, -0.15) is 0 Å². The quantitative estimate of drug-likeness (QED) is 0.329. The summed E-state index contributed by atoms with van der Waals surface area (Å²) in [5.41, 5.74) is 9.48. The van der Waals surface area contributed by atoms with Gasteiger partial charge in [0.15, 0.2) is 0 Å². The fraction of sp³-hybridized carbons (Fsp3) is 0.500. The standard InChI is InChI=1S/C12H17N3O/c1-2-3-4-5-12(14-15-13)10-6-8-11(16)9-7-10/h6-9,12,16H,2-5H2,1H3. The van der Waals surface area contributed by atoms with Crippen LogP contribution in [-0.2, 0) is 0 Å². The van der Waals surface area contributed by atoms with Gasteiger partial charge in [-0.3, -0.25) is 0 Å². The van der Waals surface area contributed by atoms with Crippen LogP contribution >= 0.6 is 0 Å². The molecule has 0 aliphatic carbocycles. The van der Waals surface area contributed by atoms with Crippen LogP contribution in [0.2, 0.25) is 0 Å². The molecule has 0 saturated heterocycles. The normalized spacial score (nSPS) is 11.8. The summed E-state index contributed by atoms with van der Waals surface area (Å²) in [6, 6.07) is 6.74. The van der Waals surface area contributed by atoms with Gasteiger partial charge < -0.3 is 5.11 Å². The van der Waals surface area contributed by atoms with E-state index >= 15 is 0 Å². The average molecular weight is 219 g/mol. The molecule has 1 aromatic carbocycles. The van der Waals surface area contributed by atoms with Gasteiger partial charge in [0.2, 0.25) is 0 Å². The molecule has 1 unspecified atom stereocenters. The number of hydrogen-bond donors (Lipinski definition) is 1. The van der Waals surface area contributed by atoms with Gasteiger partial charge in [-0.25, -0.2) is 0 Å². The van der Waals surface area contributed by atoms with E-state index in [9.17, 15) is 5.11 Å². The Kier molecular flexibility index (Phi) is 5.23. The lowest BCUT2D eigenvalue weighted by Crippen LogP contribution is -1.94. The first kappa shape index (κ1) is 12.4. The van der Waals surface area contributed by atoms with Crippen LogP contribution in [0.3, 0.4) is 0 Å². The fourth-order valence-corrected chi connectivity index (χ4v) is 1.64. The molecular weight excluding hydrogens is 202 g/mol. The fourth-order valence-electron chi connectivity index (χ4n) is 1.64. The van der Waals surface area contributed by atoms with Crippen LogP contribution in [0.15, 0.2) is 29.4 Å². The molecule has 0 aliphatic heterocycles. The molecule has 4 nitrogen and oxygen atoms in total. The van der Waals surface area contributed by atoms with Crippen LogP contribution in [0, 0.1) is 0 Å². The topological polar surface area (TPSA) is 69.0 Å². The largest absolute Gasteiger partial charge is 0.508 e. The Bertz CT molecular complexity index is 355. The first-order chi connectivity index (χ1) is 7.77. The van der Waals surface area contributed by atoms with Gasteiger partial charge in [-0.15, -0.1) is 0 Å². The maximum atomic E-state index is 9.18. The second-order valence-electron chi connectivity index (χ2n) is 3.81. The van der Waals surface area contributed by atoms with E-state index in [1.807, 2.05) is 0 Å². The van der Waals surface area contributed by atoms with Gasteiger partial charge in [-0.05, 0) is 29.6 Å². The molecule has 1 atom stereocenters. The van der Waals surface area contributed by atoms with Gasteiger partial charge >= 0.3 is 0 Å². The molecule has 4 heteroatoms. The Morgan fingerprint density at radius 2 is 2.00 bits per heavy atom. The lowest BCUT2D eigenvalue weighted by atomic mass is 10.0. The summed E-state index contributed by atoms with van der Waals surface area (Å²) < 4.78 is 0. The van der Waals surface area contributed by atoms with Crippen LogP contribution in [0.1, 0.15) is 44.2 Å². The highest BCUT2D eigenvalue weighted by Crippen LogP contribution is 2.25. The van der Waals surface area contributed by atoms with Crippen molar-refractivity contribution >= 4 is 0 Å². The molecule has 16 heavy (non-hydrogen) atoms. The highest BCUT2D eigenvalue weighted by atomic mass is 16.3. The van der Waals surface area contributed by atoms with Gasteiger partial charge in [0, 0.05) is 4.91 Å². The Balaban J connectivity index is 2.69. The van der Waals surface area contributed by atoms with Gasteiger partial charge in [0.25, 0.3) is 0 Å². The van der Waals surface area contributed by atoms with Crippen molar-refractivity contribution < 1.29 is 5.11 Å². The first-order valence-corrected chi connectivity index (χ1v) is 5.61. The van der Waals surface area contributed by atoms with Crippen molar-refractivity contribution in [2.24, 2.45) is 5.11 Å². The molecule has 0 radical (unpaired) electrons. The summed E-state index contributed by atoms with van der Waals surface area (Å²) in [6.45, 7) is 2.14. The number of aromatic hydroxyl groups is 1. The molecule has 0 aliphatic rings. The Hall–Kier alpha value is -1.67. The second-order valence-corrected chi connectivity index (χ2v) is 3.81. The van der Waals surface area contributed by atoms with E-state index < -0.39 is 0 Å². The molecule has 0 saturated carbocycles. The number of azide groups is 1. The minimum atomic E-state index is -0.114. The molecule has 86 valence electrons. The summed E-state index contributed by atoms with van der Waals surface area (Å²) in [6.07, 6.45) is 4.22. The average Bonchev–Trinajstić information content (AvgIpc) is 2.29. The zero-order chi connectivity index (χ0) is 11.8. The minimum Gasteiger partial charge on any atom is -0.508 e. The van der Waals surface area contributed by atoms with E-state index in [-0.39, 0.29) is 11.8 Å². The second kappa shape index (κ2) is 6.75. The van der Waals surface area contributed by atoms with Crippen LogP contribution < -0.4 is 0 Å². The van der Waals surface area contributed by atoms with Crippen LogP contribution in [-0.4, -0.2) is 5.11 Å².